The van der Waals surface area contributed by atoms with Crippen LogP contribution in [0.2, 0.25) is 0 Å². The van der Waals surface area contributed by atoms with Gasteiger partial charge in [0.1, 0.15) is 0 Å². The Morgan fingerprint density at radius 3 is 2.55 bits per heavy atom. The predicted molar refractivity (Wildman–Crippen MR) is 114 cm³/mol. The SMILES string of the molecule is CN(C)c1ccc(CC(=O)N2CCC3(CC2)COC(CN2CCC(O)C2)C3)cc1. The Labute approximate surface area is 174 Å². The van der Waals surface area contributed by atoms with Crippen LogP contribution in [0.25, 0.3) is 0 Å². The van der Waals surface area contributed by atoms with Crippen LogP contribution >= 0.6 is 0 Å². The van der Waals surface area contributed by atoms with Crippen LogP contribution in [0.15, 0.2) is 24.3 Å². The fraction of sp³-hybridized carbons (Fsp3) is 0.696. The molecular formula is C23H35N3O3. The molecular weight excluding hydrogens is 366 g/mol. The van der Waals surface area contributed by atoms with E-state index in [1.807, 2.05) is 19.0 Å². The first-order valence-electron chi connectivity index (χ1n) is 11.0. The normalized spacial score (nSPS) is 26.9. The predicted octanol–water partition coefficient (Wildman–Crippen LogP) is 1.76. The number of ether oxygens (including phenoxy) is 1. The number of carbonyl (C=O) groups excluding carboxylic acids is 1. The number of anilines is 1. The molecule has 4 rings (SSSR count). The summed E-state index contributed by atoms with van der Waals surface area (Å²) in [5.41, 5.74) is 2.48. The third-order valence-electron chi connectivity index (χ3n) is 6.98. The van der Waals surface area contributed by atoms with Gasteiger partial charge in [-0.2, -0.15) is 0 Å². The van der Waals surface area contributed by atoms with Crippen LogP contribution in [0.1, 0.15) is 31.2 Å². The Morgan fingerprint density at radius 2 is 1.93 bits per heavy atom. The summed E-state index contributed by atoms with van der Waals surface area (Å²) in [5.74, 6) is 0.235. The molecule has 2 atom stereocenters. The lowest BCUT2D eigenvalue weighted by atomic mass is 9.76. The number of β-amino-alcohol motifs (C(OH)–C–C–N with tert-alkyl or cyclic N) is 1. The van der Waals surface area contributed by atoms with Crippen LogP contribution in [-0.4, -0.2) is 86.4 Å². The minimum absolute atomic E-state index is 0.168. The molecule has 0 radical (unpaired) electrons. The maximum Gasteiger partial charge on any atom is 0.226 e. The van der Waals surface area contributed by atoms with Crippen molar-refractivity contribution in [3.8, 4) is 0 Å². The second kappa shape index (κ2) is 8.62. The summed E-state index contributed by atoms with van der Waals surface area (Å²) in [7, 11) is 4.05. The number of hydrogen-bond donors (Lipinski definition) is 1. The molecule has 1 spiro atoms. The van der Waals surface area contributed by atoms with Crippen molar-refractivity contribution in [1.82, 2.24) is 9.80 Å². The third-order valence-corrected chi connectivity index (χ3v) is 6.98. The highest BCUT2D eigenvalue weighted by molar-refractivity contribution is 5.79. The van der Waals surface area contributed by atoms with Crippen LogP contribution < -0.4 is 4.90 Å². The minimum Gasteiger partial charge on any atom is -0.392 e. The Kier molecular flexibility index (Phi) is 6.13. The zero-order valence-corrected chi connectivity index (χ0v) is 17.8. The van der Waals surface area contributed by atoms with Gasteiger partial charge in [-0.3, -0.25) is 9.69 Å². The van der Waals surface area contributed by atoms with Gasteiger partial charge in [0.15, 0.2) is 0 Å². The molecule has 1 aromatic rings. The van der Waals surface area contributed by atoms with E-state index in [0.717, 1.165) is 76.3 Å². The monoisotopic (exact) mass is 401 g/mol. The van der Waals surface area contributed by atoms with Gasteiger partial charge < -0.3 is 19.6 Å². The molecule has 0 bridgehead atoms. The molecule has 2 unspecified atom stereocenters. The van der Waals surface area contributed by atoms with Crippen LogP contribution in [0.3, 0.4) is 0 Å². The number of carbonyl (C=O) groups is 1. The van der Waals surface area contributed by atoms with Gasteiger partial charge in [0.25, 0.3) is 0 Å². The van der Waals surface area contributed by atoms with E-state index in [2.05, 4.69) is 34.1 Å². The highest BCUT2D eigenvalue weighted by Crippen LogP contribution is 2.42. The first-order chi connectivity index (χ1) is 13.9. The van der Waals surface area contributed by atoms with E-state index in [4.69, 9.17) is 4.74 Å². The highest BCUT2D eigenvalue weighted by Gasteiger charge is 2.43. The number of aliphatic hydroxyl groups is 1. The quantitative estimate of drug-likeness (QED) is 0.815. The third kappa shape index (κ3) is 4.93. The summed E-state index contributed by atoms with van der Waals surface area (Å²) in [6.07, 6.45) is 4.64. The van der Waals surface area contributed by atoms with Crippen molar-refractivity contribution in [3.05, 3.63) is 29.8 Å². The van der Waals surface area contributed by atoms with Gasteiger partial charge in [-0.05, 0) is 48.8 Å². The molecule has 1 N–H and O–H groups in total. The van der Waals surface area contributed by atoms with Crippen LogP contribution in [0.5, 0.6) is 0 Å². The van der Waals surface area contributed by atoms with E-state index in [1.165, 1.54) is 0 Å². The molecule has 160 valence electrons. The lowest BCUT2D eigenvalue weighted by Gasteiger charge is -2.38. The maximum atomic E-state index is 12.8. The summed E-state index contributed by atoms with van der Waals surface area (Å²) in [6, 6.07) is 8.26. The van der Waals surface area contributed by atoms with Crippen molar-refractivity contribution >= 4 is 11.6 Å². The summed E-state index contributed by atoms with van der Waals surface area (Å²) < 4.78 is 6.13. The van der Waals surface area contributed by atoms with E-state index < -0.39 is 0 Å². The number of piperidine rings is 1. The zero-order valence-electron chi connectivity index (χ0n) is 17.8. The Morgan fingerprint density at radius 1 is 1.21 bits per heavy atom. The molecule has 0 aromatic heterocycles. The molecule has 3 aliphatic heterocycles. The van der Waals surface area contributed by atoms with Gasteiger partial charge in [0, 0.05) is 52.5 Å². The van der Waals surface area contributed by atoms with Gasteiger partial charge in [-0.25, -0.2) is 0 Å². The summed E-state index contributed by atoms with van der Waals surface area (Å²) in [6.45, 7) is 5.20. The first-order valence-corrected chi connectivity index (χ1v) is 11.0. The number of hydrogen-bond acceptors (Lipinski definition) is 5. The Hall–Kier alpha value is -1.63. The van der Waals surface area contributed by atoms with E-state index in [1.54, 1.807) is 0 Å². The number of aliphatic hydroxyl groups excluding tert-OH is 1. The first kappa shape index (κ1) is 20.6. The van der Waals surface area contributed by atoms with E-state index in [0.29, 0.717) is 6.42 Å². The van der Waals surface area contributed by atoms with E-state index in [-0.39, 0.29) is 23.5 Å². The minimum atomic E-state index is -0.168. The van der Waals surface area contributed by atoms with Gasteiger partial charge in [-0.15, -0.1) is 0 Å². The fourth-order valence-electron chi connectivity index (χ4n) is 5.06. The van der Waals surface area contributed by atoms with E-state index >= 15 is 0 Å². The van der Waals surface area contributed by atoms with Gasteiger partial charge in [0.05, 0.1) is 25.2 Å². The molecule has 0 aliphatic carbocycles. The number of likely N-dealkylation sites (tertiary alicyclic amines) is 2. The van der Waals surface area contributed by atoms with Crippen molar-refractivity contribution in [3.63, 3.8) is 0 Å². The molecule has 1 amide bonds. The van der Waals surface area contributed by atoms with Crippen molar-refractivity contribution < 1.29 is 14.6 Å². The number of benzene rings is 1. The lowest BCUT2D eigenvalue weighted by Crippen LogP contribution is -2.44. The molecule has 3 saturated heterocycles. The van der Waals surface area contributed by atoms with Crippen molar-refractivity contribution in [2.75, 3.05) is 58.3 Å². The van der Waals surface area contributed by atoms with Gasteiger partial charge in [-0.1, -0.05) is 12.1 Å². The number of nitrogens with zero attached hydrogens (tertiary/aromatic N) is 3. The molecule has 3 fully saturated rings. The van der Waals surface area contributed by atoms with Crippen molar-refractivity contribution in [1.29, 1.82) is 0 Å². The van der Waals surface area contributed by atoms with Gasteiger partial charge >= 0.3 is 0 Å². The molecule has 3 aliphatic rings. The van der Waals surface area contributed by atoms with Crippen molar-refractivity contribution in [2.45, 2.75) is 44.3 Å². The molecule has 6 heteroatoms. The summed E-state index contributed by atoms with van der Waals surface area (Å²) in [5, 5.41) is 9.72. The van der Waals surface area contributed by atoms with Crippen LogP contribution in [0, 0.1) is 5.41 Å². The zero-order chi connectivity index (χ0) is 20.4. The van der Waals surface area contributed by atoms with E-state index in [9.17, 15) is 9.90 Å². The van der Waals surface area contributed by atoms with Crippen molar-refractivity contribution in [2.24, 2.45) is 5.41 Å². The second-order valence-electron chi connectivity index (χ2n) is 9.46. The molecule has 29 heavy (non-hydrogen) atoms. The average Bonchev–Trinajstić information content (AvgIpc) is 3.29. The van der Waals surface area contributed by atoms with Crippen LogP contribution in [-0.2, 0) is 16.0 Å². The summed E-state index contributed by atoms with van der Waals surface area (Å²) >= 11 is 0. The highest BCUT2D eigenvalue weighted by atomic mass is 16.5. The maximum absolute atomic E-state index is 12.8. The molecule has 6 nitrogen and oxygen atoms in total. The summed E-state index contributed by atoms with van der Waals surface area (Å²) in [4.78, 5) is 19.2. The Balaban J connectivity index is 1.24. The average molecular weight is 402 g/mol. The topological polar surface area (TPSA) is 56.2 Å². The molecule has 3 heterocycles. The van der Waals surface area contributed by atoms with Gasteiger partial charge in [0.2, 0.25) is 5.91 Å². The number of rotatable bonds is 5. The number of amides is 1. The second-order valence-corrected chi connectivity index (χ2v) is 9.46. The largest absolute Gasteiger partial charge is 0.392 e. The lowest BCUT2D eigenvalue weighted by molar-refractivity contribution is -0.132. The fourth-order valence-corrected chi connectivity index (χ4v) is 5.06. The molecule has 0 saturated carbocycles. The Bertz CT molecular complexity index is 698. The smallest absolute Gasteiger partial charge is 0.226 e. The molecule has 1 aromatic carbocycles. The van der Waals surface area contributed by atoms with Crippen LogP contribution in [0.4, 0.5) is 5.69 Å². The standard InChI is InChI=1S/C23H35N3O3/c1-24(2)19-5-3-18(4-6-19)13-22(28)26-11-8-23(9-12-26)14-21(29-17-23)16-25-10-7-20(27)15-25/h3-6,20-21,27H,7-17H2,1-2H3.